The minimum absolute atomic E-state index is 0.0100. The number of halogens is 1. The molecule has 0 aliphatic carbocycles. The van der Waals surface area contributed by atoms with Crippen molar-refractivity contribution in [1.82, 2.24) is 0 Å². The van der Waals surface area contributed by atoms with Crippen molar-refractivity contribution in [2.45, 2.75) is 30.6 Å². The molecule has 0 spiro atoms. The summed E-state index contributed by atoms with van der Waals surface area (Å²) in [7, 11) is -3.51. The summed E-state index contributed by atoms with van der Waals surface area (Å²) in [6, 6.07) is 2.95. The zero-order valence-corrected chi connectivity index (χ0v) is 12.0. The number of fused-ring (bicyclic) bond motifs is 1. The molecule has 1 N–H and O–H groups in total. The lowest BCUT2D eigenvalue weighted by Gasteiger charge is -2.32. The summed E-state index contributed by atoms with van der Waals surface area (Å²) >= 11 is 6.02. The van der Waals surface area contributed by atoms with E-state index in [2.05, 4.69) is 4.74 Å². The first-order valence-corrected chi connectivity index (χ1v) is 7.65. The van der Waals surface area contributed by atoms with Gasteiger partial charge in [-0.25, -0.2) is 13.2 Å². The van der Waals surface area contributed by atoms with Crippen molar-refractivity contribution in [3.8, 4) is 5.75 Å². The lowest BCUT2D eigenvalue weighted by molar-refractivity contribution is 0.144. The molecule has 1 aromatic carbocycles. The van der Waals surface area contributed by atoms with E-state index in [9.17, 15) is 13.2 Å². The first kappa shape index (κ1) is 14.1. The van der Waals surface area contributed by atoms with Gasteiger partial charge < -0.3 is 9.84 Å². The number of carbonyl (C=O) groups is 1. The van der Waals surface area contributed by atoms with E-state index >= 15 is 0 Å². The number of hydrogen-bond donors (Lipinski definition) is 1. The number of hydrogen-bond acceptors (Lipinski definition) is 4. The van der Waals surface area contributed by atoms with Gasteiger partial charge in [0.25, 0.3) is 0 Å². The van der Waals surface area contributed by atoms with Gasteiger partial charge in [0.15, 0.2) is 15.6 Å². The van der Waals surface area contributed by atoms with Crippen LogP contribution in [0.15, 0.2) is 17.0 Å². The molecule has 0 bridgehead atoms. The van der Waals surface area contributed by atoms with E-state index in [0.29, 0.717) is 12.0 Å². The Bertz CT molecular complexity index is 648. The first-order valence-electron chi connectivity index (χ1n) is 5.62. The van der Waals surface area contributed by atoms with Gasteiger partial charge in [-0.2, -0.15) is 0 Å². The van der Waals surface area contributed by atoms with Crippen LogP contribution in [0.4, 0.5) is 4.79 Å². The van der Waals surface area contributed by atoms with Crippen LogP contribution in [0, 0.1) is 0 Å². The second-order valence-corrected chi connectivity index (χ2v) is 7.50. The van der Waals surface area contributed by atoms with Crippen LogP contribution >= 0.6 is 11.6 Å². The van der Waals surface area contributed by atoms with E-state index in [0.717, 1.165) is 0 Å². The Morgan fingerprint density at radius 3 is 2.63 bits per heavy atom. The Hall–Kier alpha value is -1.27. The molecule has 0 amide bonds. The number of ether oxygens (including phenoxy) is 1. The maximum atomic E-state index is 12.1. The summed E-state index contributed by atoms with van der Waals surface area (Å²) in [5.74, 6) is -0.169. The predicted molar refractivity (Wildman–Crippen MR) is 69.8 cm³/mol. The van der Waals surface area contributed by atoms with Crippen LogP contribution in [0.1, 0.15) is 25.8 Å². The third-order valence-electron chi connectivity index (χ3n) is 3.29. The summed E-state index contributed by atoms with van der Waals surface area (Å²) in [6.45, 7) is 3.85. The van der Waals surface area contributed by atoms with Crippen LogP contribution in [-0.4, -0.2) is 25.4 Å². The third-order valence-corrected chi connectivity index (χ3v) is 5.57. The molecule has 104 valence electrons. The van der Waals surface area contributed by atoms with Gasteiger partial charge in [-0.15, -0.1) is 0 Å². The highest BCUT2D eigenvalue weighted by atomic mass is 35.5. The summed E-state index contributed by atoms with van der Waals surface area (Å²) in [4.78, 5) is 10.5. The second-order valence-electron chi connectivity index (χ2n) is 5.08. The maximum absolute atomic E-state index is 12.1. The van der Waals surface area contributed by atoms with Crippen molar-refractivity contribution in [2.75, 3.05) is 5.75 Å². The molecular weight excluding hydrogens is 292 g/mol. The largest absolute Gasteiger partial charge is 0.511 e. The van der Waals surface area contributed by atoms with Gasteiger partial charge >= 0.3 is 6.16 Å². The Balaban J connectivity index is 2.72. The topological polar surface area (TPSA) is 80.7 Å². The van der Waals surface area contributed by atoms with Crippen LogP contribution < -0.4 is 4.74 Å². The van der Waals surface area contributed by atoms with Crippen molar-refractivity contribution >= 4 is 27.6 Å². The van der Waals surface area contributed by atoms with E-state index in [1.165, 1.54) is 6.07 Å². The van der Waals surface area contributed by atoms with E-state index < -0.39 is 16.0 Å². The standard InChI is InChI=1S/C12H13ClO5S/c1-12(2)5-6-19(16,17)10-7(12)3-4-8(9(10)13)18-11(14)15/h3-4H,5-6H2,1-2H3,(H,14,15). The summed E-state index contributed by atoms with van der Waals surface area (Å²) in [5, 5.41) is 8.44. The van der Waals surface area contributed by atoms with E-state index in [1.54, 1.807) is 6.07 Å². The molecule has 0 saturated carbocycles. The van der Waals surface area contributed by atoms with E-state index in [4.69, 9.17) is 16.7 Å². The number of rotatable bonds is 1. The lowest BCUT2D eigenvalue weighted by atomic mass is 9.82. The highest BCUT2D eigenvalue weighted by Gasteiger charge is 2.38. The Kier molecular flexibility index (Phi) is 3.26. The van der Waals surface area contributed by atoms with E-state index in [-0.39, 0.29) is 26.8 Å². The number of sulfone groups is 1. The summed E-state index contributed by atoms with van der Waals surface area (Å²) < 4.78 is 28.8. The van der Waals surface area contributed by atoms with Gasteiger partial charge in [-0.05, 0) is 23.5 Å². The normalized spacial score (nSPS) is 19.5. The third kappa shape index (κ3) is 2.42. The Morgan fingerprint density at radius 1 is 1.42 bits per heavy atom. The molecule has 1 aliphatic rings. The molecule has 2 rings (SSSR count). The van der Waals surface area contributed by atoms with Crippen LogP contribution in [0.2, 0.25) is 5.02 Å². The minimum Gasteiger partial charge on any atom is -0.449 e. The fourth-order valence-corrected chi connectivity index (χ4v) is 4.77. The smallest absolute Gasteiger partial charge is 0.449 e. The molecule has 19 heavy (non-hydrogen) atoms. The zero-order valence-electron chi connectivity index (χ0n) is 10.4. The van der Waals surface area contributed by atoms with Gasteiger partial charge in [-0.3, -0.25) is 0 Å². The molecule has 0 unspecified atom stereocenters. The van der Waals surface area contributed by atoms with Crippen molar-refractivity contribution < 1.29 is 23.1 Å². The van der Waals surface area contributed by atoms with Crippen LogP contribution in [0.5, 0.6) is 5.75 Å². The molecule has 7 heteroatoms. The highest BCUT2D eigenvalue weighted by Crippen LogP contribution is 2.44. The minimum atomic E-state index is -3.51. The zero-order chi connectivity index (χ0) is 14.4. The van der Waals surface area contributed by atoms with Crippen LogP contribution in [0.25, 0.3) is 0 Å². The molecule has 1 heterocycles. The molecule has 0 aromatic heterocycles. The number of benzene rings is 1. The number of carboxylic acid groups (broad SMARTS) is 1. The molecule has 0 saturated heterocycles. The fourth-order valence-electron chi connectivity index (χ4n) is 2.17. The molecule has 0 radical (unpaired) electrons. The van der Waals surface area contributed by atoms with Crippen molar-refractivity contribution in [3.63, 3.8) is 0 Å². The molecule has 5 nitrogen and oxygen atoms in total. The average molecular weight is 305 g/mol. The van der Waals surface area contributed by atoms with Gasteiger partial charge in [0.05, 0.1) is 10.6 Å². The van der Waals surface area contributed by atoms with Crippen molar-refractivity contribution in [1.29, 1.82) is 0 Å². The van der Waals surface area contributed by atoms with Gasteiger partial charge in [0, 0.05) is 0 Å². The SMILES string of the molecule is CC1(C)CCS(=O)(=O)c2c1ccc(OC(=O)O)c2Cl. The quantitative estimate of drug-likeness (QED) is 0.637. The average Bonchev–Trinajstić information content (AvgIpc) is 2.27. The Labute approximate surface area is 116 Å². The van der Waals surface area contributed by atoms with Gasteiger partial charge in [0.1, 0.15) is 5.02 Å². The summed E-state index contributed by atoms with van der Waals surface area (Å²) in [6.07, 6.45) is -1.04. The molecule has 1 aromatic rings. The van der Waals surface area contributed by atoms with Gasteiger partial charge in [-0.1, -0.05) is 31.5 Å². The first-order chi connectivity index (χ1) is 8.65. The molecule has 0 atom stereocenters. The monoisotopic (exact) mass is 304 g/mol. The Morgan fingerprint density at radius 2 is 2.05 bits per heavy atom. The van der Waals surface area contributed by atoms with Crippen LogP contribution in [0.3, 0.4) is 0 Å². The van der Waals surface area contributed by atoms with Crippen LogP contribution in [-0.2, 0) is 15.3 Å². The fraction of sp³-hybridized carbons (Fsp3) is 0.417. The summed E-state index contributed by atoms with van der Waals surface area (Å²) in [5.41, 5.74) is 0.271. The van der Waals surface area contributed by atoms with Crippen molar-refractivity contribution in [2.24, 2.45) is 0 Å². The molecule has 1 aliphatic heterocycles. The maximum Gasteiger partial charge on any atom is 0.511 e. The van der Waals surface area contributed by atoms with Gasteiger partial charge in [0.2, 0.25) is 0 Å². The highest BCUT2D eigenvalue weighted by molar-refractivity contribution is 7.91. The lowest BCUT2D eigenvalue weighted by Crippen LogP contribution is -2.30. The predicted octanol–water partition coefficient (Wildman–Crippen LogP) is 2.85. The van der Waals surface area contributed by atoms with Crippen molar-refractivity contribution in [3.05, 3.63) is 22.7 Å². The molecule has 0 fully saturated rings. The van der Waals surface area contributed by atoms with E-state index in [1.807, 2.05) is 13.8 Å². The second kappa shape index (κ2) is 4.38. The molecular formula is C12H13ClO5S.